The number of alkyl halides is 3. The number of aromatic amines is 1. The predicted octanol–water partition coefficient (Wildman–Crippen LogP) is 5.45. The summed E-state index contributed by atoms with van der Waals surface area (Å²) in [5.74, 6) is -0.524. The number of benzene rings is 1. The van der Waals surface area contributed by atoms with E-state index in [1.165, 1.54) is 18.3 Å². The number of hydrogen-bond donors (Lipinski definition) is 1. The Balaban J connectivity index is 1.94. The summed E-state index contributed by atoms with van der Waals surface area (Å²) >= 11 is 0. The molecule has 0 aliphatic heterocycles. The quantitative estimate of drug-likeness (QED) is 0.281. The van der Waals surface area contributed by atoms with Crippen LogP contribution in [0.15, 0.2) is 65.2 Å². The Morgan fingerprint density at radius 2 is 1.86 bits per heavy atom. The Labute approximate surface area is 202 Å². The maximum atomic E-state index is 14.4. The molecule has 3 aromatic heterocycles. The summed E-state index contributed by atoms with van der Waals surface area (Å²) < 4.78 is 80.4. The van der Waals surface area contributed by atoms with Gasteiger partial charge in [0.2, 0.25) is 9.84 Å². The molecule has 0 fully saturated rings. The van der Waals surface area contributed by atoms with E-state index in [0.717, 1.165) is 12.3 Å². The third kappa shape index (κ3) is 3.87. The summed E-state index contributed by atoms with van der Waals surface area (Å²) in [6, 6.07) is 7.15. The van der Waals surface area contributed by atoms with E-state index in [-0.39, 0.29) is 17.0 Å². The lowest BCUT2D eigenvalue weighted by atomic mass is 10.1. The SMILES string of the molecule is C=C(C(=C)S(=O)(=O)c1ccc(-c2c(C#N)c3cc(F)c(C)cc3n2-c2cn[nH]c2C)nc1)C(F)(F)F. The van der Waals surface area contributed by atoms with Crippen LogP contribution in [-0.2, 0) is 9.84 Å². The summed E-state index contributed by atoms with van der Waals surface area (Å²) in [4.78, 5) is 2.40. The van der Waals surface area contributed by atoms with Crippen molar-refractivity contribution in [2.45, 2.75) is 24.9 Å². The van der Waals surface area contributed by atoms with Gasteiger partial charge >= 0.3 is 6.18 Å². The molecule has 3 heterocycles. The second-order valence-electron chi connectivity index (χ2n) is 7.95. The Bertz CT molecular complexity index is 1710. The van der Waals surface area contributed by atoms with Crippen molar-refractivity contribution < 1.29 is 26.0 Å². The number of nitrogens with zero attached hydrogens (tertiary/aromatic N) is 4. The highest BCUT2D eigenvalue weighted by atomic mass is 32.2. The minimum atomic E-state index is -4.98. The van der Waals surface area contributed by atoms with E-state index in [0.29, 0.717) is 27.8 Å². The summed E-state index contributed by atoms with van der Waals surface area (Å²) in [5, 5.41) is 17.0. The molecule has 36 heavy (non-hydrogen) atoms. The van der Waals surface area contributed by atoms with E-state index < -0.39 is 37.2 Å². The van der Waals surface area contributed by atoms with Gasteiger partial charge in [0.15, 0.2) is 0 Å². The van der Waals surface area contributed by atoms with Crippen molar-refractivity contribution in [3.63, 3.8) is 0 Å². The van der Waals surface area contributed by atoms with E-state index in [9.17, 15) is 31.2 Å². The van der Waals surface area contributed by atoms with Crippen molar-refractivity contribution in [3.05, 3.63) is 82.9 Å². The highest BCUT2D eigenvalue weighted by Crippen LogP contribution is 2.38. The molecule has 7 nitrogen and oxygen atoms in total. The first kappa shape index (κ1) is 24.9. The fourth-order valence-corrected chi connectivity index (χ4v) is 4.89. The van der Waals surface area contributed by atoms with Gasteiger partial charge in [-0.2, -0.15) is 23.5 Å². The number of fused-ring (bicyclic) bond motifs is 1. The van der Waals surface area contributed by atoms with Gasteiger partial charge in [-0.3, -0.25) is 10.1 Å². The number of sulfone groups is 1. The molecule has 184 valence electrons. The molecular formula is C24H17F4N5O2S. The molecular weight excluding hydrogens is 498 g/mol. The topological polar surface area (TPSA) is 104 Å². The molecule has 4 aromatic rings. The molecule has 0 spiro atoms. The largest absolute Gasteiger partial charge is 0.417 e. The first-order chi connectivity index (χ1) is 16.8. The van der Waals surface area contributed by atoms with Crippen LogP contribution in [0, 0.1) is 31.0 Å². The molecule has 0 unspecified atom stereocenters. The monoisotopic (exact) mass is 515 g/mol. The van der Waals surface area contributed by atoms with Gasteiger partial charge in [0.25, 0.3) is 0 Å². The molecule has 4 rings (SSSR count). The van der Waals surface area contributed by atoms with Crippen molar-refractivity contribution in [1.82, 2.24) is 19.7 Å². The van der Waals surface area contributed by atoms with Crippen LogP contribution in [-0.4, -0.2) is 34.3 Å². The van der Waals surface area contributed by atoms with Gasteiger partial charge in [-0.1, -0.05) is 13.2 Å². The molecule has 0 atom stereocenters. The van der Waals surface area contributed by atoms with Gasteiger partial charge < -0.3 is 4.57 Å². The number of halogens is 4. The van der Waals surface area contributed by atoms with Gasteiger partial charge in [0.1, 0.15) is 11.9 Å². The molecule has 0 bridgehead atoms. The fourth-order valence-electron chi connectivity index (χ4n) is 3.73. The van der Waals surface area contributed by atoms with E-state index in [4.69, 9.17) is 0 Å². The van der Waals surface area contributed by atoms with Gasteiger partial charge in [-0.15, -0.1) is 0 Å². The van der Waals surface area contributed by atoms with Crippen LogP contribution in [0.2, 0.25) is 0 Å². The third-order valence-electron chi connectivity index (χ3n) is 5.70. The van der Waals surface area contributed by atoms with E-state index >= 15 is 0 Å². The Morgan fingerprint density at radius 1 is 1.17 bits per heavy atom. The molecule has 0 saturated carbocycles. The molecule has 0 aliphatic carbocycles. The van der Waals surface area contributed by atoms with Crippen LogP contribution in [0.3, 0.4) is 0 Å². The number of H-pyrrole nitrogens is 1. The number of hydrogen-bond acceptors (Lipinski definition) is 5. The van der Waals surface area contributed by atoms with Gasteiger partial charge in [-0.25, -0.2) is 12.8 Å². The third-order valence-corrected chi connectivity index (χ3v) is 7.45. The number of allylic oxidation sites excluding steroid dienone is 1. The Hall–Kier alpha value is -4.24. The second kappa shape index (κ2) is 8.46. The lowest BCUT2D eigenvalue weighted by molar-refractivity contribution is -0.0882. The number of pyridine rings is 1. The highest BCUT2D eigenvalue weighted by Gasteiger charge is 2.38. The van der Waals surface area contributed by atoms with Gasteiger partial charge in [-0.05, 0) is 43.7 Å². The number of rotatable bonds is 5. The Kier molecular flexibility index (Phi) is 5.84. The zero-order valence-corrected chi connectivity index (χ0v) is 19.7. The molecule has 0 radical (unpaired) electrons. The van der Waals surface area contributed by atoms with Crippen LogP contribution < -0.4 is 0 Å². The summed E-state index contributed by atoms with van der Waals surface area (Å²) in [6.45, 7) is 9.15. The van der Waals surface area contributed by atoms with Crippen LogP contribution in [0.5, 0.6) is 0 Å². The molecule has 0 saturated heterocycles. The first-order valence-corrected chi connectivity index (χ1v) is 11.7. The predicted molar refractivity (Wildman–Crippen MR) is 124 cm³/mol. The van der Waals surface area contributed by atoms with Crippen LogP contribution in [0.4, 0.5) is 17.6 Å². The number of aryl methyl sites for hydroxylation is 2. The molecule has 0 amide bonds. The normalized spacial score (nSPS) is 12.0. The number of nitriles is 1. The maximum Gasteiger partial charge on any atom is 0.417 e. The highest BCUT2D eigenvalue weighted by molar-refractivity contribution is 7.95. The average Bonchev–Trinajstić information content (AvgIpc) is 3.37. The minimum absolute atomic E-state index is 0.0717. The summed E-state index contributed by atoms with van der Waals surface area (Å²) in [5.41, 5.74) is 0.810. The van der Waals surface area contributed by atoms with Crippen molar-refractivity contribution in [3.8, 4) is 23.1 Å². The lowest BCUT2D eigenvalue weighted by Gasteiger charge is -2.14. The van der Waals surface area contributed by atoms with Crippen molar-refractivity contribution >= 4 is 20.7 Å². The zero-order chi connectivity index (χ0) is 26.6. The van der Waals surface area contributed by atoms with Gasteiger partial charge in [0, 0.05) is 11.6 Å². The van der Waals surface area contributed by atoms with Gasteiger partial charge in [0.05, 0.1) is 55.4 Å². The van der Waals surface area contributed by atoms with Crippen LogP contribution >= 0.6 is 0 Å². The molecule has 1 N–H and O–H groups in total. The van der Waals surface area contributed by atoms with E-state index in [1.54, 1.807) is 24.5 Å². The van der Waals surface area contributed by atoms with Crippen LogP contribution in [0.25, 0.3) is 28.0 Å². The fraction of sp³-hybridized carbons (Fsp3) is 0.125. The first-order valence-electron chi connectivity index (χ1n) is 10.2. The van der Waals surface area contributed by atoms with Crippen molar-refractivity contribution in [1.29, 1.82) is 5.26 Å². The summed E-state index contributed by atoms with van der Waals surface area (Å²) in [7, 11) is -4.64. The van der Waals surface area contributed by atoms with E-state index in [2.05, 4.69) is 34.4 Å². The van der Waals surface area contributed by atoms with Crippen molar-refractivity contribution in [2.75, 3.05) is 0 Å². The molecule has 1 aromatic carbocycles. The lowest BCUT2D eigenvalue weighted by Crippen LogP contribution is -2.17. The summed E-state index contributed by atoms with van der Waals surface area (Å²) in [6.07, 6.45) is -2.60. The van der Waals surface area contributed by atoms with Crippen molar-refractivity contribution in [2.24, 2.45) is 0 Å². The maximum absolute atomic E-state index is 14.4. The number of aromatic nitrogens is 4. The minimum Gasteiger partial charge on any atom is -0.303 e. The molecule has 0 aliphatic rings. The smallest absolute Gasteiger partial charge is 0.303 e. The van der Waals surface area contributed by atoms with Crippen LogP contribution in [0.1, 0.15) is 16.8 Å². The number of nitrogens with one attached hydrogen (secondary N) is 1. The van der Waals surface area contributed by atoms with E-state index in [1.807, 2.05) is 0 Å². The average molecular weight is 515 g/mol. The molecule has 12 heteroatoms. The zero-order valence-electron chi connectivity index (χ0n) is 18.9. The second-order valence-corrected chi connectivity index (χ2v) is 9.92. The Morgan fingerprint density at radius 3 is 2.39 bits per heavy atom. The standard InChI is InChI=1S/C24H17F4N5O2S/c1-12-7-21-17(8-19(12)25)18(9-29)23(33(21)22-11-31-32-14(22)3)20-6-5-16(10-30-20)36(34,35)15(4)13(2)24(26,27)28/h5-8,10-11H,2,4H2,1,3H3,(H,31,32).